The fraction of sp³-hybridized carbons (Fsp3) is 0.167. The van der Waals surface area contributed by atoms with Crippen molar-refractivity contribution >= 4 is 28.3 Å². The lowest BCUT2D eigenvalue weighted by molar-refractivity contribution is -0.138. The van der Waals surface area contributed by atoms with Gasteiger partial charge in [0.15, 0.2) is 0 Å². The van der Waals surface area contributed by atoms with Gasteiger partial charge in [-0.2, -0.15) is 13.2 Å². The van der Waals surface area contributed by atoms with E-state index in [4.69, 9.17) is 0 Å². The number of halogens is 3. The fourth-order valence-corrected chi connectivity index (χ4v) is 3.72. The van der Waals surface area contributed by atoms with E-state index in [1.165, 1.54) is 13.0 Å². The molecule has 4 aromatic rings. The minimum atomic E-state index is -4.49. The second-order valence-corrected chi connectivity index (χ2v) is 7.60. The van der Waals surface area contributed by atoms with Crippen LogP contribution in [-0.2, 0) is 12.7 Å². The van der Waals surface area contributed by atoms with E-state index in [0.29, 0.717) is 17.8 Å². The molecule has 8 heteroatoms. The van der Waals surface area contributed by atoms with Crippen LogP contribution in [0.25, 0.3) is 10.9 Å². The second-order valence-electron chi connectivity index (χ2n) is 7.60. The third kappa shape index (κ3) is 4.44. The Morgan fingerprint density at radius 3 is 2.41 bits per heavy atom. The predicted octanol–water partition coefficient (Wildman–Crippen LogP) is 6.36. The van der Waals surface area contributed by atoms with E-state index in [-0.39, 0.29) is 11.3 Å². The van der Waals surface area contributed by atoms with Crippen LogP contribution in [0.2, 0.25) is 0 Å². The van der Waals surface area contributed by atoms with Gasteiger partial charge in [-0.25, -0.2) is 4.79 Å². The summed E-state index contributed by atoms with van der Waals surface area (Å²) in [6, 6.07) is 13.0. The number of alkyl halides is 3. The molecule has 0 bridgehead atoms. The standard InChI is InChI=1S/C24H21F3N4O/c1-15-12-16(2)21(13-19(15)24(25,26)27)30-23(32)29-20-4-3-5-22-18(20)8-11-31(22)14-17-6-9-28-10-7-17/h3-13H,14H2,1-2H3,(H2,29,30,32). The van der Waals surface area contributed by atoms with Crippen LogP contribution in [0.5, 0.6) is 0 Å². The van der Waals surface area contributed by atoms with Crippen molar-refractivity contribution in [3.8, 4) is 0 Å². The first-order valence-electron chi connectivity index (χ1n) is 9.95. The Balaban J connectivity index is 1.56. The maximum atomic E-state index is 13.2. The van der Waals surface area contributed by atoms with Gasteiger partial charge in [0.2, 0.25) is 0 Å². The van der Waals surface area contributed by atoms with Crippen LogP contribution in [-0.4, -0.2) is 15.6 Å². The third-order valence-electron chi connectivity index (χ3n) is 5.29. The SMILES string of the molecule is Cc1cc(C)c(C(F)(F)F)cc1NC(=O)Nc1cccc2c1ccn2Cc1ccncc1. The molecule has 0 unspecified atom stereocenters. The maximum absolute atomic E-state index is 13.2. The van der Waals surface area contributed by atoms with Crippen molar-refractivity contribution in [1.29, 1.82) is 0 Å². The molecule has 2 amide bonds. The summed E-state index contributed by atoms with van der Waals surface area (Å²) in [5.74, 6) is 0. The number of fused-ring (bicyclic) bond motifs is 1. The van der Waals surface area contributed by atoms with Crippen molar-refractivity contribution in [2.24, 2.45) is 0 Å². The van der Waals surface area contributed by atoms with Gasteiger partial charge < -0.3 is 15.2 Å². The summed E-state index contributed by atoms with van der Waals surface area (Å²) in [6.07, 6.45) is 0.896. The normalized spacial score (nSPS) is 11.5. The number of anilines is 2. The number of urea groups is 1. The second kappa shape index (κ2) is 8.37. The molecule has 0 fully saturated rings. The Labute approximate surface area is 182 Å². The van der Waals surface area contributed by atoms with Gasteiger partial charge in [0.25, 0.3) is 0 Å². The van der Waals surface area contributed by atoms with Crippen LogP contribution < -0.4 is 10.6 Å². The van der Waals surface area contributed by atoms with E-state index in [1.807, 2.05) is 41.1 Å². The number of rotatable bonds is 4. The minimum Gasteiger partial charge on any atom is -0.343 e. The minimum absolute atomic E-state index is 0.112. The van der Waals surface area contributed by atoms with Crippen LogP contribution in [0.1, 0.15) is 22.3 Å². The summed E-state index contributed by atoms with van der Waals surface area (Å²) >= 11 is 0. The summed E-state index contributed by atoms with van der Waals surface area (Å²) in [5, 5.41) is 6.13. The van der Waals surface area contributed by atoms with Crippen LogP contribution in [0.4, 0.5) is 29.3 Å². The Morgan fingerprint density at radius 2 is 1.69 bits per heavy atom. The number of carbonyl (C=O) groups excluding carboxylic acids is 1. The molecular formula is C24H21F3N4O. The molecule has 164 valence electrons. The molecule has 0 radical (unpaired) electrons. The highest BCUT2D eigenvalue weighted by Gasteiger charge is 2.33. The summed E-state index contributed by atoms with van der Waals surface area (Å²) in [4.78, 5) is 16.6. The van der Waals surface area contributed by atoms with E-state index in [9.17, 15) is 18.0 Å². The van der Waals surface area contributed by atoms with Crippen LogP contribution >= 0.6 is 0 Å². The third-order valence-corrected chi connectivity index (χ3v) is 5.29. The molecule has 2 aromatic carbocycles. The van der Waals surface area contributed by atoms with Crippen LogP contribution in [0, 0.1) is 13.8 Å². The van der Waals surface area contributed by atoms with Gasteiger partial charge in [0.1, 0.15) is 0 Å². The van der Waals surface area contributed by atoms with E-state index in [0.717, 1.165) is 22.5 Å². The zero-order valence-electron chi connectivity index (χ0n) is 17.5. The quantitative estimate of drug-likeness (QED) is 0.389. The first-order chi connectivity index (χ1) is 15.2. The average Bonchev–Trinajstić information content (AvgIpc) is 3.14. The van der Waals surface area contributed by atoms with Gasteiger partial charge in [-0.1, -0.05) is 12.1 Å². The van der Waals surface area contributed by atoms with Crippen LogP contribution in [0.15, 0.2) is 67.1 Å². The molecular weight excluding hydrogens is 417 g/mol. The molecule has 5 nitrogen and oxygen atoms in total. The molecule has 2 heterocycles. The van der Waals surface area contributed by atoms with Crippen LogP contribution in [0.3, 0.4) is 0 Å². The maximum Gasteiger partial charge on any atom is 0.416 e. The first kappa shape index (κ1) is 21.4. The molecule has 4 rings (SSSR count). The van der Waals surface area contributed by atoms with Gasteiger partial charge in [-0.3, -0.25) is 4.98 Å². The van der Waals surface area contributed by atoms with Gasteiger partial charge in [-0.05, 0) is 66.9 Å². The highest BCUT2D eigenvalue weighted by Crippen LogP contribution is 2.35. The number of benzene rings is 2. The number of aromatic nitrogens is 2. The number of nitrogens with one attached hydrogen (secondary N) is 2. The average molecular weight is 438 g/mol. The number of hydrogen-bond donors (Lipinski definition) is 2. The van der Waals surface area contributed by atoms with E-state index >= 15 is 0 Å². The van der Waals surface area contributed by atoms with Gasteiger partial charge in [0, 0.05) is 36.2 Å². The highest BCUT2D eigenvalue weighted by atomic mass is 19.4. The first-order valence-corrected chi connectivity index (χ1v) is 9.95. The van der Waals surface area contributed by atoms with E-state index in [1.54, 1.807) is 25.4 Å². The highest BCUT2D eigenvalue weighted by molar-refractivity contribution is 6.06. The molecule has 0 aliphatic carbocycles. The number of hydrogen-bond acceptors (Lipinski definition) is 2. The van der Waals surface area contributed by atoms with Crippen molar-refractivity contribution in [2.45, 2.75) is 26.6 Å². The largest absolute Gasteiger partial charge is 0.416 e. The Bertz CT molecular complexity index is 1280. The predicted molar refractivity (Wildman–Crippen MR) is 119 cm³/mol. The molecule has 2 N–H and O–H groups in total. The molecule has 0 spiro atoms. The molecule has 0 aliphatic rings. The monoisotopic (exact) mass is 438 g/mol. The fourth-order valence-electron chi connectivity index (χ4n) is 3.72. The zero-order chi connectivity index (χ0) is 22.9. The lowest BCUT2D eigenvalue weighted by atomic mass is 10.0. The van der Waals surface area contributed by atoms with Gasteiger partial charge in [0.05, 0.1) is 16.8 Å². The molecule has 0 atom stereocenters. The zero-order valence-corrected chi connectivity index (χ0v) is 17.5. The summed E-state index contributed by atoms with van der Waals surface area (Å²) in [5.41, 5.74) is 2.58. The number of aryl methyl sites for hydroxylation is 2. The Hall–Kier alpha value is -3.81. The molecule has 0 aliphatic heterocycles. The van der Waals surface area contributed by atoms with E-state index in [2.05, 4.69) is 15.6 Å². The van der Waals surface area contributed by atoms with Crippen molar-refractivity contribution < 1.29 is 18.0 Å². The molecule has 2 aromatic heterocycles. The van der Waals surface area contributed by atoms with E-state index < -0.39 is 17.8 Å². The molecule has 0 saturated carbocycles. The topological polar surface area (TPSA) is 59.0 Å². The van der Waals surface area contributed by atoms with Gasteiger partial charge >= 0.3 is 12.2 Å². The molecule has 32 heavy (non-hydrogen) atoms. The summed E-state index contributed by atoms with van der Waals surface area (Å²) in [6.45, 7) is 3.70. The van der Waals surface area contributed by atoms with Gasteiger partial charge in [-0.15, -0.1) is 0 Å². The lowest BCUT2D eigenvalue weighted by Crippen LogP contribution is -2.21. The molecule has 0 saturated heterocycles. The van der Waals surface area contributed by atoms with Crippen molar-refractivity contribution in [2.75, 3.05) is 10.6 Å². The van der Waals surface area contributed by atoms with Crippen molar-refractivity contribution in [3.63, 3.8) is 0 Å². The van der Waals surface area contributed by atoms with Crippen molar-refractivity contribution in [3.05, 3.63) is 89.4 Å². The Kier molecular flexibility index (Phi) is 5.61. The number of amides is 2. The Morgan fingerprint density at radius 1 is 0.969 bits per heavy atom. The number of nitrogens with zero attached hydrogens (tertiary/aromatic N) is 2. The van der Waals surface area contributed by atoms with Crippen molar-refractivity contribution in [1.82, 2.24) is 9.55 Å². The number of carbonyl (C=O) groups is 1. The lowest BCUT2D eigenvalue weighted by Gasteiger charge is -2.16. The summed E-state index contributed by atoms with van der Waals surface area (Å²) < 4.78 is 41.8. The smallest absolute Gasteiger partial charge is 0.343 e. The summed E-state index contributed by atoms with van der Waals surface area (Å²) in [7, 11) is 0. The number of pyridine rings is 1.